The van der Waals surface area contributed by atoms with Crippen molar-refractivity contribution in [2.75, 3.05) is 19.5 Å². The molecule has 146 valence electrons. The van der Waals surface area contributed by atoms with Crippen molar-refractivity contribution in [2.45, 2.75) is 25.7 Å². The number of ether oxygens (including phenoxy) is 2. The van der Waals surface area contributed by atoms with Crippen LogP contribution in [-0.4, -0.2) is 34.9 Å². The maximum Gasteiger partial charge on any atom is 0.256 e. The molecular weight excluding hydrogens is 380 g/mol. The van der Waals surface area contributed by atoms with Crippen molar-refractivity contribution in [3.05, 3.63) is 40.2 Å². The summed E-state index contributed by atoms with van der Waals surface area (Å²) in [6.07, 6.45) is 2.19. The lowest BCUT2D eigenvalue weighted by molar-refractivity contribution is 0.102. The first kappa shape index (κ1) is 18.6. The van der Waals surface area contributed by atoms with E-state index in [0.29, 0.717) is 39.3 Å². The van der Waals surface area contributed by atoms with Gasteiger partial charge in [-0.3, -0.25) is 9.48 Å². The van der Waals surface area contributed by atoms with Crippen molar-refractivity contribution in [2.24, 2.45) is 7.05 Å². The second-order valence-corrected chi connectivity index (χ2v) is 7.32. The van der Waals surface area contributed by atoms with Crippen LogP contribution < -0.4 is 14.8 Å². The van der Waals surface area contributed by atoms with Crippen LogP contribution in [-0.2, 0) is 7.05 Å². The van der Waals surface area contributed by atoms with Gasteiger partial charge in [0.05, 0.1) is 41.6 Å². The number of carbonyl (C=O) groups is 1. The molecule has 7 nitrogen and oxygen atoms in total. The summed E-state index contributed by atoms with van der Waals surface area (Å²) in [5, 5.41) is 8.50. The molecule has 8 heteroatoms. The molecule has 3 aromatic rings. The van der Waals surface area contributed by atoms with Crippen LogP contribution in [0.1, 0.15) is 40.5 Å². The number of nitrogens with zero attached hydrogens (tertiary/aromatic N) is 3. The van der Waals surface area contributed by atoms with E-state index in [1.165, 1.54) is 14.2 Å². The van der Waals surface area contributed by atoms with Crippen LogP contribution in [0.4, 0.5) is 5.69 Å². The zero-order chi connectivity index (χ0) is 20.0. The largest absolute Gasteiger partial charge is 0.495 e. The molecule has 4 rings (SSSR count). The molecule has 28 heavy (non-hydrogen) atoms. The summed E-state index contributed by atoms with van der Waals surface area (Å²) >= 11 is 6.23. The molecule has 0 unspecified atom stereocenters. The minimum atomic E-state index is -0.259. The predicted octanol–water partition coefficient (Wildman–Crippen LogP) is 4.08. The molecule has 0 saturated heterocycles. The molecule has 1 N–H and O–H groups in total. The Hall–Kier alpha value is -2.80. The second-order valence-electron chi connectivity index (χ2n) is 6.92. The van der Waals surface area contributed by atoms with Gasteiger partial charge in [0.2, 0.25) is 0 Å². The van der Waals surface area contributed by atoms with E-state index in [0.717, 1.165) is 29.6 Å². The fourth-order valence-electron chi connectivity index (χ4n) is 3.38. The van der Waals surface area contributed by atoms with Crippen LogP contribution >= 0.6 is 11.6 Å². The normalized spacial score (nSPS) is 13.6. The molecule has 1 aliphatic rings. The van der Waals surface area contributed by atoms with Gasteiger partial charge in [-0.1, -0.05) is 11.6 Å². The Kier molecular flexibility index (Phi) is 4.63. The highest BCUT2D eigenvalue weighted by molar-refractivity contribution is 6.32. The average Bonchev–Trinajstić information content (AvgIpc) is 3.48. The lowest BCUT2D eigenvalue weighted by Gasteiger charge is -2.14. The van der Waals surface area contributed by atoms with Gasteiger partial charge in [0.1, 0.15) is 11.5 Å². The topological polar surface area (TPSA) is 78.3 Å². The monoisotopic (exact) mass is 400 g/mol. The molecule has 2 aromatic heterocycles. The highest BCUT2D eigenvalue weighted by Gasteiger charge is 2.28. The highest BCUT2D eigenvalue weighted by Crippen LogP contribution is 2.41. The van der Waals surface area contributed by atoms with Gasteiger partial charge in [0, 0.05) is 24.7 Å². The van der Waals surface area contributed by atoms with Gasteiger partial charge in [-0.2, -0.15) is 5.10 Å². The average molecular weight is 401 g/mol. The minimum Gasteiger partial charge on any atom is -0.495 e. The third kappa shape index (κ3) is 3.16. The first-order valence-corrected chi connectivity index (χ1v) is 9.37. The summed E-state index contributed by atoms with van der Waals surface area (Å²) in [5.41, 5.74) is 3.42. The number of nitrogens with one attached hydrogen (secondary N) is 1. The summed E-state index contributed by atoms with van der Waals surface area (Å²) in [6.45, 7) is 1.88. The number of fused-ring (bicyclic) bond motifs is 1. The maximum atomic E-state index is 13.2. The lowest BCUT2D eigenvalue weighted by atomic mass is 10.1. The van der Waals surface area contributed by atoms with E-state index < -0.39 is 0 Å². The molecule has 1 aliphatic carbocycles. The first-order valence-electron chi connectivity index (χ1n) is 9.00. The van der Waals surface area contributed by atoms with Crippen molar-refractivity contribution in [1.29, 1.82) is 0 Å². The Morgan fingerprint density at radius 2 is 1.93 bits per heavy atom. The second kappa shape index (κ2) is 6.98. The van der Waals surface area contributed by atoms with Crippen LogP contribution in [0, 0.1) is 6.92 Å². The Morgan fingerprint density at radius 1 is 1.21 bits per heavy atom. The number of hydrogen-bond donors (Lipinski definition) is 1. The molecule has 0 atom stereocenters. The van der Waals surface area contributed by atoms with Gasteiger partial charge < -0.3 is 14.8 Å². The van der Waals surface area contributed by atoms with Gasteiger partial charge in [-0.15, -0.1) is 0 Å². The number of anilines is 1. The number of aromatic nitrogens is 3. The number of aryl methyl sites for hydroxylation is 2. The molecule has 0 spiro atoms. The van der Waals surface area contributed by atoms with Crippen molar-refractivity contribution in [3.63, 3.8) is 0 Å². The van der Waals surface area contributed by atoms with Crippen LogP contribution in [0.25, 0.3) is 11.0 Å². The van der Waals surface area contributed by atoms with Crippen LogP contribution in [0.3, 0.4) is 0 Å². The fourth-order valence-corrected chi connectivity index (χ4v) is 3.62. The number of methoxy groups -OCH3 is 2. The minimum absolute atomic E-state index is 0.259. The third-order valence-corrected chi connectivity index (χ3v) is 5.25. The first-order chi connectivity index (χ1) is 13.4. The Balaban J connectivity index is 1.78. The SMILES string of the molecule is COc1cc(OC)c(NC(=O)c2cc(C3CC3)nc3c2c(C)nn3C)cc1Cl. The van der Waals surface area contributed by atoms with Gasteiger partial charge in [-0.25, -0.2) is 4.98 Å². The van der Waals surface area contributed by atoms with Gasteiger partial charge in [0.25, 0.3) is 5.91 Å². The summed E-state index contributed by atoms with van der Waals surface area (Å²) in [7, 11) is 4.89. The summed E-state index contributed by atoms with van der Waals surface area (Å²) in [4.78, 5) is 17.9. The van der Waals surface area contributed by atoms with E-state index in [-0.39, 0.29) is 5.91 Å². The number of amides is 1. The third-order valence-electron chi connectivity index (χ3n) is 4.95. The highest BCUT2D eigenvalue weighted by atomic mass is 35.5. The molecule has 1 aromatic carbocycles. The van der Waals surface area contributed by atoms with Gasteiger partial charge >= 0.3 is 0 Å². The van der Waals surface area contributed by atoms with Crippen LogP contribution in [0.2, 0.25) is 5.02 Å². The zero-order valence-electron chi connectivity index (χ0n) is 16.2. The van der Waals surface area contributed by atoms with Gasteiger partial charge in [0.15, 0.2) is 5.65 Å². The quantitative estimate of drug-likeness (QED) is 0.698. The van der Waals surface area contributed by atoms with Crippen molar-refractivity contribution >= 4 is 34.2 Å². The number of pyridine rings is 1. The molecule has 0 aliphatic heterocycles. The molecular formula is C20H21ClN4O3. The fraction of sp³-hybridized carbons (Fsp3) is 0.350. The van der Waals surface area contributed by atoms with E-state index in [1.54, 1.807) is 16.8 Å². The van der Waals surface area contributed by atoms with E-state index >= 15 is 0 Å². The van der Waals surface area contributed by atoms with Crippen molar-refractivity contribution < 1.29 is 14.3 Å². The number of rotatable bonds is 5. The van der Waals surface area contributed by atoms with Gasteiger partial charge in [-0.05, 0) is 31.9 Å². The smallest absolute Gasteiger partial charge is 0.256 e. The number of halogens is 1. The van der Waals surface area contributed by atoms with E-state index in [2.05, 4.69) is 10.4 Å². The molecule has 1 fully saturated rings. The summed E-state index contributed by atoms with van der Waals surface area (Å²) in [6, 6.07) is 5.14. The van der Waals surface area contributed by atoms with E-state index in [4.69, 9.17) is 26.1 Å². The Morgan fingerprint density at radius 3 is 2.57 bits per heavy atom. The molecule has 1 saturated carbocycles. The number of benzene rings is 1. The predicted molar refractivity (Wildman–Crippen MR) is 108 cm³/mol. The van der Waals surface area contributed by atoms with Crippen molar-refractivity contribution in [1.82, 2.24) is 14.8 Å². The number of carbonyl (C=O) groups excluding carboxylic acids is 1. The molecule has 0 bridgehead atoms. The standard InChI is InChI=1S/C20H21ClN4O3/c1-10-18-12(7-14(11-5-6-11)22-19(18)25(2)24-10)20(26)23-15-8-13(21)16(27-3)9-17(15)28-4/h7-9,11H,5-6H2,1-4H3,(H,23,26). The molecule has 0 radical (unpaired) electrons. The number of hydrogen-bond acceptors (Lipinski definition) is 5. The Labute approximate surface area is 167 Å². The van der Waals surface area contributed by atoms with Crippen LogP contribution in [0.15, 0.2) is 18.2 Å². The van der Waals surface area contributed by atoms with Crippen molar-refractivity contribution in [3.8, 4) is 11.5 Å². The van der Waals surface area contributed by atoms with Crippen LogP contribution in [0.5, 0.6) is 11.5 Å². The Bertz CT molecular complexity index is 1090. The molecule has 2 heterocycles. The van der Waals surface area contributed by atoms with E-state index in [9.17, 15) is 4.79 Å². The molecule has 1 amide bonds. The summed E-state index contributed by atoms with van der Waals surface area (Å²) in [5.74, 6) is 1.09. The summed E-state index contributed by atoms with van der Waals surface area (Å²) < 4.78 is 12.3. The lowest BCUT2D eigenvalue weighted by Crippen LogP contribution is -2.14. The van der Waals surface area contributed by atoms with E-state index in [1.807, 2.05) is 20.0 Å². The maximum absolute atomic E-state index is 13.2. The zero-order valence-corrected chi connectivity index (χ0v) is 16.9.